The minimum Gasteiger partial charge on any atom is -0.467 e. The second kappa shape index (κ2) is 5.88. The smallest absolute Gasteiger partial charge is 0.331 e. The average molecular weight is 314 g/mol. The Morgan fingerprint density at radius 2 is 1.87 bits per heavy atom. The molecule has 0 radical (unpaired) electrons. The molecule has 1 saturated heterocycles. The zero-order valence-electron chi connectivity index (χ0n) is 11.8. The van der Waals surface area contributed by atoms with Crippen molar-refractivity contribution in [1.82, 2.24) is 10.2 Å². The lowest BCUT2D eigenvalue weighted by Crippen LogP contribution is -2.53. The quantitative estimate of drug-likeness (QED) is 0.695. The highest BCUT2D eigenvalue weighted by Gasteiger charge is 2.36. The van der Waals surface area contributed by atoms with Crippen LogP contribution < -0.4 is 5.32 Å². The Kier molecular flexibility index (Phi) is 3.76. The third kappa shape index (κ3) is 3.03. The molecule has 1 N–H and O–H groups in total. The molecule has 116 valence electrons. The maximum Gasteiger partial charge on any atom is 0.331 e. The Bertz CT molecular complexity index is 794. The normalized spacial score (nSPS) is 16.8. The number of carbonyl (C=O) groups is 3. The molecule has 1 aromatic carbocycles. The van der Waals surface area contributed by atoms with Gasteiger partial charge >= 0.3 is 6.03 Å². The highest BCUT2D eigenvalue weighted by atomic mass is 19.1. The molecular weight excluding hydrogens is 303 g/mol. The number of hydrogen-bond donors (Lipinski definition) is 1. The summed E-state index contributed by atoms with van der Waals surface area (Å²) in [5.74, 6) is -1.55. The molecule has 23 heavy (non-hydrogen) atoms. The fourth-order valence-corrected chi connectivity index (χ4v) is 2.12. The van der Waals surface area contributed by atoms with Gasteiger partial charge in [0.1, 0.15) is 17.2 Å². The van der Waals surface area contributed by atoms with Crippen molar-refractivity contribution >= 4 is 23.9 Å². The zero-order valence-corrected chi connectivity index (χ0v) is 11.8. The van der Waals surface area contributed by atoms with E-state index in [-0.39, 0.29) is 12.1 Å². The largest absolute Gasteiger partial charge is 0.467 e. The first-order chi connectivity index (χ1) is 11.0. The number of imide groups is 2. The van der Waals surface area contributed by atoms with Gasteiger partial charge in [-0.2, -0.15) is 0 Å². The number of barbiturate groups is 1. The standard InChI is InChI=1S/C16H11FN2O4/c17-11-5-3-10(4-6-11)8-13-14(20)18-16(22)19(15(13)21)9-12-2-1-7-23-12/h1-8H,9H2,(H,18,20,22)/b13-8+. The number of nitrogens with one attached hydrogen (secondary N) is 1. The lowest BCUT2D eigenvalue weighted by molar-refractivity contribution is -0.130. The molecule has 2 heterocycles. The molecule has 0 unspecified atom stereocenters. The monoisotopic (exact) mass is 314 g/mol. The minimum absolute atomic E-state index is 0.0916. The molecule has 1 fully saturated rings. The summed E-state index contributed by atoms with van der Waals surface area (Å²) >= 11 is 0. The SMILES string of the molecule is O=C1NC(=O)N(Cc2ccco2)C(=O)/C1=C/c1ccc(F)cc1. The number of urea groups is 1. The highest BCUT2D eigenvalue weighted by Crippen LogP contribution is 2.17. The molecular formula is C16H11FN2O4. The molecule has 1 aliphatic heterocycles. The van der Waals surface area contributed by atoms with Crippen LogP contribution in [0.3, 0.4) is 0 Å². The van der Waals surface area contributed by atoms with Crippen LogP contribution in [0.15, 0.2) is 52.7 Å². The van der Waals surface area contributed by atoms with Crippen molar-refractivity contribution < 1.29 is 23.2 Å². The van der Waals surface area contributed by atoms with E-state index in [4.69, 9.17) is 4.42 Å². The van der Waals surface area contributed by atoms with Crippen LogP contribution in [-0.4, -0.2) is 22.7 Å². The molecule has 1 aromatic heterocycles. The molecule has 0 aliphatic carbocycles. The Balaban J connectivity index is 1.90. The summed E-state index contributed by atoms with van der Waals surface area (Å²) in [7, 11) is 0. The summed E-state index contributed by atoms with van der Waals surface area (Å²) in [5.41, 5.74) is 0.264. The van der Waals surface area contributed by atoms with Gasteiger partial charge in [-0.15, -0.1) is 0 Å². The van der Waals surface area contributed by atoms with Gasteiger partial charge < -0.3 is 4.42 Å². The molecule has 0 atom stereocenters. The second-order valence-corrected chi connectivity index (χ2v) is 4.84. The van der Waals surface area contributed by atoms with Crippen LogP contribution in [0.5, 0.6) is 0 Å². The molecule has 0 saturated carbocycles. The van der Waals surface area contributed by atoms with Crippen molar-refractivity contribution in [3.63, 3.8) is 0 Å². The van der Waals surface area contributed by atoms with E-state index in [0.29, 0.717) is 11.3 Å². The predicted octanol–water partition coefficient (Wildman–Crippen LogP) is 2.08. The third-order valence-corrected chi connectivity index (χ3v) is 3.26. The maximum absolute atomic E-state index is 12.9. The van der Waals surface area contributed by atoms with Gasteiger partial charge in [-0.05, 0) is 35.9 Å². The topological polar surface area (TPSA) is 79.6 Å². The fourth-order valence-electron chi connectivity index (χ4n) is 2.12. The van der Waals surface area contributed by atoms with E-state index in [0.717, 1.165) is 4.90 Å². The van der Waals surface area contributed by atoms with Gasteiger partial charge in [0, 0.05) is 0 Å². The van der Waals surface area contributed by atoms with Crippen molar-refractivity contribution in [1.29, 1.82) is 0 Å². The van der Waals surface area contributed by atoms with Gasteiger partial charge in [0.05, 0.1) is 12.8 Å². The molecule has 0 bridgehead atoms. The van der Waals surface area contributed by atoms with Crippen molar-refractivity contribution in [2.24, 2.45) is 0 Å². The van der Waals surface area contributed by atoms with E-state index >= 15 is 0 Å². The molecule has 6 nitrogen and oxygen atoms in total. The molecule has 3 rings (SSSR count). The number of hydrogen-bond acceptors (Lipinski definition) is 4. The van der Waals surface area contributed by atoms with Gasteiger partial charge in [-0.1, -0.05) is 12.1 Å². The molecule has 2 aromatic rings. The van der Waals surface area contributed by atoms with Crippen LogP contribution in [0.1, 0.15) is 11.3 Å². The van der Waals surface area contributed by atoms with E-state index < -0.39 is 23.7 Å². The first-order valence-electron chi connectivity index (χ1n) is 6.71. The zero-order chi connectivity index (χ0) is 16.4. The van der Waals surface area contributed by atoms with Gasteiger partial charge in [0.25, 0.3) is 11.8 Å². The van der Waals surface area contributed by atoms with Gasteiger partial charge in [-0.25, -0.2) is 9.18 Å². The Morgan fingerprint density at radius 3 is 2.52 bits per heavy atom. The number of amides is 4. The van der Waals surface area contributed by atoms with E-state index in [1.165, 1.54) is 36.6 Å². The van der Waals surface area contributed by atoms with E-state index in [1.807, 2.05) is 0 Å². The van der Waals surface area contributed by atoms with Gasteiger partial charge in [-0.3, -0.25) is 19.8 Å². The van der Waals surface area contributed by atoms with Crippen molar-refractivity contribution in [2.75, 3.05) is 0 Å². The van der Waals surface area contributed by atoms with Crippen LogP contribution >= 0.6 is 0 Å². The Hall–Kier alpha value is -3.22. The number of benzene rings is 1. The summed E-state index contributed by atoms with van der Waals surface area (Å²) in [6.45, 7) is -0.0916. The Labute approximate surface area is 130 Å². The predicted molar refractivity (Wildman–Crippen MR) is 77.2 cm³/mol. The first-order valence-corrected chi connectivity index (χ1v) is 6.71. The van der Waals surface area contributed by atoms with E-state index in [2.05, 4.69) is 5.32 Å². The van der Waals surface area contributed by atoms with Crippen LogP contribution in [0, 0.1) is 5.82 Å². The average Bonchev–Trinajstić information content (AvgIpc) is 3.03. The number of nitrogens with zero attached hydrogens (tertiary/aromatic N) is 1. The molecule has 0 spiro atoms. The van der Waals surface area contributed by atoms with Crippen molar-refractivity contribution in [3.8, 4) is 0 Å². The molecule has 7 heteroatoms. The fraction of sp³-hybridized carbons (Fsp3) is 0.0625. The summed E-state index contributed by atoms with van der Waals surface area (Å²) in [4.78, 5) is 37.0. The van der Waals surface area contributed by atoms with E-state index in [1.54, 1.807) is 12.1 Å². The number of furan rings is 1. The molecule has 1 aliphatic rings. The van der Waals surface area contributed by atoms with Crippen molar-refractivity contribution in [3.05, 3.63) is 65.4 Å². The first kappa shape index (κ1) is 14.7. The lowest BCUT2D eigenvalue weighted by Gasteiger charge is -2.25. The third-order valence-electron chi connectivity index (χ3n) is 3.26. The summed E-state index contributed by atoms with van der Waals surface area (Å²) in [5, 5.41) is 2.10. The lowest BCUT2D eigenvalue weighted by atomic mass is 10.1. The summed E-state index contributed by atoms with van der Waals surface area (Å²) in [6, 6.07) is 7.70. The van der Waals surface area contributed by atoms with Crippen LogP contribution in [-0.2, 0) is 16.1 Å². The van der Waals surface area contributed by atoms with Crippen LogP contribution in [0.4, 0.5) is 9.18 Å². The molecule has 4 amide bonds. The van der Waals surface area contributed by atoms with Gasteiger partial charge in [0.15, 0.2) is 0 Å². The Morgan fingerprint density at radius 1 is 1.13 bits per heavy atom. The van der Waals surface area contributed by atoms with Gasteiger partial charge in [0.2, 0.25) is 0 Å². The highest BCUT2D eigenvalue weighted by molar-refractivity contribution is 6.30. The minimum atomic E-state index is -0.812. The second-order valence-electron chi connectivity index (χ2n) is 4.84. The number of carbonyl (C=O) groups excluding carboxylic acids is 3. The maximum atomic E-state index is 12.9. The summed E-state index contributed by atoms with van der Waals surface area (Å²) < 4.78 is 18.0. The van der Waals surface area contributed by atoms with Crippen LogP contribution in [0.2, 0.25) is 0 Å². The van der Waals surface area contributed by atoms with E-state index in [9.17, 15) is 18.8 Å². The number of halogens is 1. The number of rotatable bonds is 3. The van der Waals surface area contributed by atoms with Crippen LogP contribution in [0.25, 0.3) is 6.08 Å². The summed E-state index contributed by atoms with van der Waals surface area (Å²) in [6.07, 6.45) is 2.72. The van der Waals surface area contributed by atoms with Crippen molar-refractivity contribution in [2.45, 2.75) is 6.54 Å².